The number of methoxy groups -OCH3 is 1. The van der Waals surface area contributed by atoms with Crippen LogP contribution in [0.4, 0.5) is 5.69 Å². The minimum Gasteiger partial charge on any atom is -0.495 e. The Morgan fingerprint density at radius 1 is 1.09 bits per heavy atom. The minimum atomic E-state index is -0.302. The summed E-state index contributed by atoms with van der Waals surface area (Å²) in [7, 11) is 1.51. The molecule has 0 fully saturated rings. The molecule has 162 valence electrons. The van der Waals surface area contributed by atoms with Crippen LogP contribution in [-0.2, 0) is 4.79 Å². The van der Waals surface area contributed by atoms with E-state index in [1.54, 1.807) is 30.3 Å². The smallest absolute Gasteiger partial charge is 0.248 e. The lowest BCUT2D eigenvalue weighted by Gasteiger charge is -2.08. The molecule has 0 aliphatic carbocycles. The van der Waals surface area contributed by atoms with Gasteiger partial charge in [0.15, 0.2) is 5.58 Å². The SMILES string of the molecule is COc1c(Cl)cc(Cl)cc1C=CC(=O)Nc1ccc(-c2nc3cc(C)cc(C)c3o2)cc1. The van der Waals surface area contributed by atoms with Gasteiger partial charge in [0.05, 0.1) is 12.1 Å². The summed E-state index contributed by atoms with van der Waals surface area (Å²) in [6, 6.07) is 14.6. The molecule has 0 aliphatic heterocycles. The summed E-state index contributed by atoms with van der Waals surface area (Å²) >= 11 is 12.2. The average molecular weight is 467 g/mol. The Hall–Kier alpha value is -3.28. The van der Waals surface area contributed by atoms with Crippen LogP contribution >= 0.6 is 23.2 Å². The number of aryl methyl sites for hydroxylation is 2. The second-order valence-electron chi connectivity index (χ2n) is 7.36. The zero-order valence-corrected chi connectivity index (χ0v) is 19.2. The van der Waals surface area contributed by atoms with E-state index < -0.39 is 0 Å². The van der Waals surface area contributed by atoms with E-state index in [1.807, 2.05) is 32.0 Å². The fourth-order valence-corrected chi connectivity index (χ4v) is 4.05. The van der Waals surface area contributed by atoms with E-state index in [0.717, 1.165) is 27.8 Å². The van der Waals surface area contributed by atoms with Crippen LogP contribution in [0.3, 0.4) is 0 Å². The van der Waals surface area contributed by atoms with Crippen LogP contribution in [0.25, 0.3) is 28.6 Å². The van der Waals surface area contributed by atoms with E-state index in [2.05, 4.69) is 16.4 Å². The second-order valence-corrected chi connectivity index (χ2v) is 8.20. The van der Waals surface area contributed by atoms with E-state index in [1.165, 1.54) is 13.2 Å². The Labute approximate surface area is 195 Å². The van der Waals surface area contributed by atoms with Gasteiger partial charge in [-0.25, -0.2) is 4.98 Å². The largest absolute Gasteiger partial charge is 0.495 e. The van der Waals surface area contributed by atoms with Gasteiger partial charge >= 0.3 is 0 Å². The van der Waals surface area contributed by atoms with Crippen LogP contribution in [-0.4, -0.2) is 18.0 Å². The lowest BCUT2D eigenvalue weighted by atomic mass is 10.1. The first-order valence-electron chi connectivity index (χ1n) is 9.84. The van der Waals surface area contributed by atoms with Crippen molar-refractivity contribution in [2.45, 2.75) is 13.8 Å². The molecule has 0 radical (unpaired) electrons. The Morgan fingerprint density at radius 3 is 2.56 bits per heavy atom. The predicted octanol–water partition coefficient (Wildman–Crippen LogP) is 7.08. The third-order valence-corrected chi connectivity index (χ3v) is 5.37. The first kappa shape index (κ1) is 21.9. The second kappa shape index (κ2) is 9.07. The van der Waals surface area contributed by atoms with E-state index in [9.17, 15) is 4.79 Å². The van der Waals surface area contributed by atoms with E-state index in [0.29, 0.717) is 32.9 Å². The van der Waals surface area contributed by atoms with Gasteiger partial charge in [0.25, 0.3) is 0 Å². The number of rotatable bonds is 5. The molecule has 0 bridgehead atoms. The van der Waals surface area contributed by atoms with Gasteiger partial charge in [0.2, 0.25) is 11.8 Å². The monoisotopic (exact) mass is 466 g/mol. The molecule has 1 N–H and O–H groups in total. The van der Waals surface area contributed by atoms with Crippen molar-refractivity contribution in [1.29, 1.82) is 0 Å². The number of hydrogen-bond donors (Lipinski definition) is 1. The molecule has 32 heavy (non-hydrogen) atoms. The molecule has 0 saturated heterocycles. The number of aromatic nitrogens is 1. The third-order valence-electron chi connectivity index (χ3n) is 4.87. The number of nitrogens with zero attached hydrogens (tertiary/aromatic N) is 1. The Balaban J connectivity index is 1.49. The highest BCUT2D eigenvalue weighted by Gasteiger charge is 2.11. The van der Waals surface area contributed by atoms with Crippen molar-refractivity contribution >= 4 is 52.0 Å². The topological polar surface area (TPSA) is 64.4 Å². The van der Waals surface area contributed by atoms with E-state index in [-0.39, 0.29) is 5.91 Å². The highest BCUT2D eigenvalue weighted by atomic mass is 35.5. The number of anilines is 1. The van der Waals surface area contributed by atoms with Crippen LogP contribution < -0.4 is 10.1 Å². The standard InChI is InChI=1S/C25H20Cl2N2O3/c1-14-10-15(2)23-21(11-14)29-25(32-23)16-4-7-19(8-5-16)28-22(30)9-6-17-12-18(26)13-20(27)24(17)31-3/h4-13H,1-3H3,(H,28,30). The Kier molecular flexibility index (Phi) is 6.21. The molecule has 4 rings (SSSR count). The number of fused-ring (bicyclic) bond motifs is 1. The van der Waals surface area contributed by atoms with Gasteiger partial charge in [-0.1, -0.05) is 29.3 Å². The maximum Gasteiger partial charge on any atom is 0.248 e. The summed E-state index contributed by atoms with van der Waals surface area (Å²) in [4.78, 5) is 17.0. The quantitative estimate of drug-likeness (QED) is 0.319. The minimum absolute atomic E-state index is 0.302. The lowest BCUT2D eigenvalue weighted by Crippen LogP contribution is -2.07. The summed E-state index contributed by atoms with van der Waals surface area (Å²) in [6.45, 7) is 4.03. The number of amides is 1. The van der Waals surface area contributed by atoms with Crippen LogP contribution in [0.1, 0.15) is 16.7 Å². The van der Waals surface area contributed by atoms with Crippen LogP contribution in [0.2, 0.25) is 10.0 Å². The van der Waals surface area contributed by atoms with Crippen molar-refractivity contribution in [2.75, 3.05) is 12.4 Å². The van der Waals surface area contributed by atoms with E-state index >= 15 is 0 Å². The third kappa shape index (κ3) is 4.64. The van der Waals surface area contributed by atoms with Crippen molar-refractivity contribution in [3.8, 4) is 17.2 Å². The van der Waals surface area contributed by atoms with E-state index in [4.69, 9.17) is 32.4 Å². The maximum atomic E-state index is 12.4. The molecule has 1 heterocycles. The summed E-state index contributed by atoms with van der Waals surface area (Å²) in [5.41, 5.74) is 5.87. The van der Waals surface area contributed by atoms with Crippen molar-refractivity contribution in [3.63, 3.8) is 0 Å². The molecule has 0 atom stereocenters. The molecule has 1 amide bonds. The molecule has 0 saturated carbocycles. The molecule has 3 aromatic carbocycles. The van der Waals surface area contributed by atoms with Gasteiger partial charge in [0.1, 0.15) is 11.3 Å². The Bertz CT molecular complexity index is 1340. The van der Waals surface area contributed by atoms with Gasteiger partial charge in [-0.05, 0) is 73.5 Å². The Morgan fingerprint density at radius 2 is 1.84 bits per heavy atom. The van der Waals surface area contributed by atoms with Gasteiger partial charge < -0.3 is 14.5 Å². The number of benzene rings is 3. The van der Waals surface area contributed by atoms with Crippen LogP contribution in [0.15, 0.2) is 59.0 Å². The highest BCUT2D eigenvalue weighted by Crippen LogP contribution is 2.33. The fourth-order valence-electron chi connectivity index (χ4n) is 3.47. The number of halogens is 2. The predicted molar refractivity (Wildman–Crippen MR) is 130 cm³/mol. The fraction of sp³-hybridized carbons (Fsp3) is 0.120. The molecule has 4 aromatic rings. The molecule has 5 nitrogen and oxygen atoms in total. The molecular formula is C25H20Cl2N2O3. The van der Waals surface area contributed by atoms with Crippen molar-refractivity contribution in [1.82, 2.24) is 4.98 Å². The van der Waals surface area contributed by atoms with Gasteiger partial charge in [-0.3, -0.25) is 4.79 Å². The van der Waals surface area contributed by atoms with Crippen LogP contribution in [0, 0.1) is 13.8 Å². The molecule has 0 unspecified atom stereocenters. The van der Waals surface area contributed by atoms with Crippen molar-refractivity contribution < 1.29 is 13.9 Å². The number of carbonyl (C=O) groups is 1. The molecule has 0 spiro atoms. The summed E-state index contributed by atoms with van der Waals surface area (Å²) < 4.78 is 11.2. The number of hydrogen-bond acceptors (Lipinski definition) is 4. The summed E-state index contributed by atoms with van der Waals surface area (Å²) in [6.07, 6.45) is 2.99. The lowest BCUT2D eigenvalue weighted by molar-refractivity contribution is -0.111. The summed E-state index contributed by atoms with van der Waals surface area (Å²) in [5, 5.41) is 3.65. The molecule has 0 aliphatic rings. The molecule has 1 aromatic heterocycles. The number of oxazole rings is 1. The van der Waals surface area contributed by atoms with Gasteiger partial charge in [-0.15, -0.1) is 0 Å². The van der Waals surface area contributed by atoms with Crippen molar-refractivity contribution in [3.05, 3.63) is 81.3 Å². The first-order chi connectivity index (χ1) is 15.3. The highest BCUT2D eigenvalue weighted by molar-refractivity contribution is 6.36. The normalized spacial score (nSPS) is 11.3. The zero-order chi connectivity index (χ0) is 22.8. The summed E-state index contributed by atoms with van der Waals surface area (Å²) in [5.74, 6) is 0.688. The number of carbonyl (C=O) groups excluding carboxylic acids is 1. The average Bonchev–Trinajstić information content (AvgIpc) is 3.17. The van der Waals surface area contributed by atoms with Crippen LogP contribution in [0.5, 0.6) is 5.75 Å². The maximum absolute atomic E-state index is 12.4. The van der Waals surface area contributed by atoms with Gasteiger partial charge in [-0.2, -0.15) is 0 Å². The zero-order valence-electron chi connectivity index (χ0n) is 17.7. The molecular weight excluding hydrogens is 447 g/mol. The number of nitrogens with one attached hydrogen (secondary N) is 1. The number of ether oxygens (including phenoxy) is 1. The molecule has 7 heteroatoms. The first-order valence-corrected chi connectivity index (χ1v) is 10.6. The van der Waals surface area contributed by atoms with Gasteiger partial charge in [0, 0.05) is 27.9 Å². The van der Waals surface area contributed by atoms with Crippen molar-refractivity contribution in [2.24, 2.45) is 0 Å².